The van der Waals surface area contributed by atoms with Crippen molar-refractivity contribution in [2.45, 2.75) is 45.3 Å². The van der Waals surface area contributed by atoms with Gasteiger partial charge in [0.25, 0.3) is 11.8 Å². The van der Waals surface area contributed by atoms with Gasteiger partial charge in [0.05, 0.1) is 11.7 Å². The van der Waals surface area contributed by atoms with Crippen LogP contribution in [0, 0.1) is 11.7 Å². The average molecular weight is 513 g/mol. The number of amides is 4. The van der Waals surface area contributed by atoms with E-state index in [2.05, 4.69) is 20.9 Å². The molecule has 3 rings (SSSR count). The smallest absolute Gasteiger partial charge is 0.253 e. The first-order valence-corrected chi connectivity index (χ1v) is 12.0. The third kappa shape index (κ3) is 5.93. The highest BCUT2D eigenvalue weighted by atomic mass is 19.1. The molecule has 4 amide bonds. The van der Waals surface area contributed by atoms with Gasteiger partial charge in [-0.1, -0.05) is 19.9 Å². The largest absolute Gasteiger partial charge is 0.345 e. The minimum atomic E-state index is -1.01. The van der Waals surface area contributed by atoms with E-state index in [1.54, 1.807) is 54.0 Å². The van der Waals surface area contributed by atoms with E-state index in [9.17, 15) is 23.6 Å². The Kier molecular flexibility index (Phi) is 8.59. The van der Waals surface area contributed by atoms with Crippen LogP contribution in [-0.2, 0) is 20.8 Å². The van der Waals surface area contributed by atoms with Crippen molar-refractivity contribution in [2.75, 3.05) is 31.4 Å². The Balaban J connectivity index is 1.90. The lowest BCUT2D eigenvalue weighted by molar-refractivity contribution is -0.130. The molecule has 0 unspecified atom stereocenters. The molecule has 0 bridgehead atoms. The zero-order chi connectivity index (χ0) is 27.4. The molecule has 11 heteroatoms. The molecule has 1 aliphatic heterocycles. The molecule has 0 saturated heterocycles. The van der Waals surface area contributed by atoms with E-state index < -0.39 is 35.8 Å². The molecule has 0 aliphatic carbocycles. The van der Waals surface area contributed by atoms with Crippen molar-refractivity contribution in [3.63, 3.8) is 0 Å². The van der Waals surface area contributed by atoms with Crippen LogP contribution in [0.15, 0.2) is 36.5 Å². The first-order chi connectivity index (χ1) is 17.5. The Morgan fingerprint density at radius 2 is 1.84 bits per heavy atom. The molecule has 0 radical (unpaired) electrons. The number of halogens is 1. The molecular weight excluding hydrogens is 479 g/mol. The number of aromatic nitrogens is 1. The topological polar surface area (TPSA) is 124 Å². The van der Waals surface area contributed by atoms with E-state index in [0.29, 0.717) is 11.4 Å². The van der Waals surface area contributed by atoms with Gasteiger partial charge < -0.3 is 20.9 Å². The SMILES string of the molecule is CN[C@@H](C)C(=O)N[C@H](C(=O)N1c2ncccc2C[C@H]1C(=O)Nc1ccc(C(=O)N(C)C)cc1F)C(C)C. The fourth-order valence-electron chi connectivity index (χ4n) is 4.02. The molecule has 0 saturated carbocycles. The summed E-state index contributed by atoms with van der Waals surface area (Å²) in [7, 11) is 4.75. The Labute approximate surface area is 215 Å². The number of benzene rings is 1. The maximum absolute atomic E-state index is 14.8. The molecule has 1 aliphatic rings. The van der Waals surface area contributed by atoms with E-state index in [1.165, 1.54) is 28.1 Å². The Morgan fingerprint density at radius 1 is 1.14 bits per heavy atom. The van der Waals surface area contributed by atoms with Gasteiger partial charge in [-0.05, 0) is 49.7 Å². The summed E-state index contributed by atoms with van der Waals surface area (Å²) in [6.07, 6.45) is 1.69. The van der Waals surface area contributed by atoms with Gasteiger partial charge in [0.2, 0.25) is 11.8 Å². The maximum Gasteiger partial charge on any atom is 0.253 e. The van der Waals surface area contributed by atoms with Crippen molar-refractivity contribution >= 4 is 35.1 Å². The molecular formula is C26H33FN6O4. The molecule has 3 N–H and O–H groups in total. The fourth-order valence-corrected chi connectivity index (χ4v) is 4.02. The lowest BCUT2D eigenvalue weighted by Gasteiger charge is -2.31. The maximum atomic E-state index is 14.8. The van der Waals surface area contributed by atoms with Crippen LogP contribution in [0.5, 0.6) is 0 Å². The van der Waals surface area contributed by atoms with Crippen LogP contribution in [0.4, 0.5) is 15.9 Å². The highest BCUT2D eigenvalue weighted by Crippen LogP contribution is 2.32. The molecule has 0 fully saturated rings. The summed E-state index contributed by atoms with van der Waals surface area (Å²) in [6.45, 7) is 5.26. The van der Waals surface area contributed by atoms with Crippen LogP contribution >= 0.6 is 0 Å². The quantitative estimate of drug-likeness (QED) is 0.493. The molecule has 0 spiro atoms. The summed E-state index contributed by atoms with van der Waals surface area (Å²) in [5.74, 6) is -2.57. The third-order valence-corrected chi connectivity index (χ3v) is 6.30. The first-order valence-electron chi connectivity index (χ1n) is 12.0. The second kappa shape index (κ2) is 11.5. The van der Waals surface area contributed by atoms with E-state index >= 15 is 0 Å². The number of nitrogens with zero attached hydrogens (tertiary/aromatic N) is 3. The van der Waals surface area contributed by atoms with Gasteiger partial charge in [0.15, 0.2) is 0 Å². The third-order valence-electron chi connectivity index (χ3n) is 6.30. The van der Waals surface area contributed by atoms with Gasteiger partial charge in [-0.15, -0.1) is 0 Å². The van der Waals surface area contributed by atoms with E-state index in [4.69, 9.17) is 0 Å². The van der Waals surface area contributed by atoms with Crippen LogP contribution in [-0.4, -0.2) is 72.8 Å². The number of pyridine rings is 1. The van der Waals surface area contributed by atoms with E-state index in [0.717, 1.165) is 6.07 Å². The summed E-state index contributed by atoms with van der Waals surface area (Å²) >= 11 is 0. The number of nitrogens with one attached hydrogen (secondary N) is 3. The van der Waals surface area contributed by atoms with Gasteiger partial charge in [-0.2, -0.15) is 0 Å². The minimum absolute atomic E-state index is 0.117. The van der Waals surface area contributed by atoms with Crippen LogP contribution in [0.1, 0.15) is 36.7 Å². The summed E-state index contributed by atoms with van der Waals surface area (Å²) in [5.41, 5.74) is 0.704. The van der Waals surface area contributed by atoms with Gasteiger partial charge in [0, 0.05) is 32.3 Å². The molecule has 3 atom stereocenters. The lowest BCUT2D eigenvalue weighted by atomic mass is 10.0. The van der Waals surface area contributed by atoms with Crippen molar-refractivity contribution in [1.29, 1.82) is 0 Å². The summed E-state index contributed by atoms with van der Waals surface area (Å²) in [6, 6.07) is 4.80. The van der Waals surface area contributed by atoms with Crippen molar-refractivity contribution in [1.82, 2.24) is 20.5 Å². The Hall–Kier alpha value is -3.86. The lowest BCUT2D eigenvalue weighted by Crippen LogP contribution is -2.57. The Bertz CT molecular complexity index is 1200. The fraction of sp³-hybridized carbons (Fsp3) is 0.423. The predicted molar refractivity (Wildman–Crippen MR) is 138 cm³/mol. The molecule has 2 heterocycles. The second-order valence-corrected chi connectivity index (χ2v) is 9.54. The van der Waals surface area contributed by atoms with Crippen molar-refractivity contribution in [2.24, 2.45) is 5.92 Å². The number of carbonyl (C=O) groups excluding carboxylic acids is 4. The van der Waals surface area contributed by atoms with Crippen LogP contribution in [0.2, 0.25) is 0 Å². The number of rotatable bonds is 8. The number of hydrogen-bond acceptors (Lipinski definition) is 6. The van der Waals surface area contributed by atoms with Crippen molar-refractivity contribution in [3.8, 4) is 0 Å². The van der Waals surface area contributed by atoms with Gasteiger partial charge >= 0.3 is 0 Å². The number of carbonyl (C=O) groups is 4. The van der Waals surface area contributed by atoms with Crippen LogP contribution < -0.4 is 20.9 Å². The molecule has 2 aromatic rings. The molecule has 10 nitrogen and oxygen atoms in total. The monoisotopic (exact) mass is 512 g/mol. The number of hydrogen-bond donors (Lipinski definition) is 3. The zero-order valence-corrected chi connectivity index (χ0v) is 21.8. The van der Waals surface area contributed by atoms with Crippen LogP contribution in [0.3, 0.4) is 0 Å². The molecule has 1 aromatic heterocycles. The highest BCUT2D eigenvalue weighted by Gasteiger charge is 2.43. The normalized spacial score (nSPS) is 16.1. The Morgan fingerprint density at radius 3 is 2.43 bits per heavy atom. The zero-order valence-electron chi connectivity index (χ0n) is 21.8. The second-order valence-electron chi connectivity index (χ2n) is 9.54. The summed E-state index contributed by atoms with van der Waals surface area (Å²) in [4.78, 5) is 58.7. The summed E-state index contributed by atoms with van der Waals surface area (Å²) < 4.78 is 14.8. The van der Waals surface area contributed by atoms with E-state index in [-0.39, 0.29) is 35.4 Å². The van der Waals surface area contributed by atoms with Gasteiger partial charge in [-0.25, -0.2) is 9.37 Å². The average Bonchev–Trinajstić information content (AvgIpc) is 3.26. The molecule has 1 aromatic carbocycles. The van der Waals surface area contributed by atoms with E-state index in [1.807, 2.05) is 0 Å². The molecule has 198 valence electrons. The molecule has 37 heavy (non-hydrogen) atoms. The number of fused-ring (bicyclic) bond motifs is 1. The van der Waals surface area contributed by atoms with Crippen LogP contribution in [0.25, 0.3) is 0 Å². The van der Waals surface area contributed by atoms with Crippen molar-refractivity contribution < 1.29 is 23.6 Å². The number of anilines is 2. The van der Waals surface area contributed by atoms with Gasteiger partial charge in [0.1, 0.15) is 23.7 Å². The van der Waals surface area contributed by atoms with Gasteiger partial charge in [-0.3, -0.25) is 24.1 Å². The first kappa shape index (κ1) is 27.7. The highest BCUT2D eigenvalue weighted by molar-refractivity contribution is 6.09. The predicted octanol–water partition coefficient (Wildman–Crippen LogP) is 1.57. The standard InChI is InChI=1S/C26H33FN6O4/c1-14(2)21(31-23(34)15(3)28-4)26(37)33-20(13-16-8-7-11-29-22(16)33)24(35)30-19-10-9-17(12-18(19)27)25(36)32(5)6/h7-12,14-15,20-21,28H,13H2,1-6H3,(H,30,35)(H,31,34)/t15-,20-,21-/m0/s1. The minimum Gasteiger partial charge on any atom is -0.345 e. The summed E-state index contributed by atoms with van der Waals surface area (Å²) in [5, 5.41) is 8.15. The number of likely N-dealkylation sites (N-methyl/N-ethyl adjacent to an activating group) is 1. The van der Waals surface area contributed by atoms with Crippen molar-refractivity contribution in [3.05, 3.63) is 53.5 Å².